The molecule has 0 fully saturated rings. The van der Waals surface area contributed by atoms with Gasteiger partial charge in [-0.2, -0.15) is 0 Å². The van der Waals surface area contributed by atoms with E-state index in [9.17, 15) is 4.79 Å². The normalized spacial score (nSPS) is 10.6. The van der Waals surface area contributed by atoms with Gasteiger partial charge in [-0.05, 0) is 36.4 Å². The first kappa shape index (κ1) is 19.3. The zero-order valence-corrected chi connectivity index (χ0v) is 16.9. The third-order valence-electron chi connectivity index (χ3n) is 4.71. The van der Waals surface area contributed by atoms with Crippen molar-refractivity contribution in [1.29, 1.82) is 0 Å². The average Bonchev–Trinajstić information content (AvgIpc) is 3.22. The fraction of sp³-hybridized carbons (Fsp3) is 0.130. The number of carbonyl (C=O) groups is 1. The van der Waals surface area contributed by atoms with Crippen molar-refractivity contribution in [3.8, 4) is 28.6 Å². The first-order chi connectivity index (χ1) is 14.6. The Morgan fingerprint density at radius 3 is 2.30 bits per heavy atom. The van der Waals surface area contributed by atoms with Gasteiger partial charge in [0.15, 0.2) is 11.5 Å². The first-order valence-electron chi connectivity index (χ1n) is 9.29. The Balaban J connectivity index is 1.62. The van der Waals surface area contributed by atoms with E-state index < -0.39 is 0 Å². The predicted molar refractivity (Wildman–Crippen MR) is 116 cm³/mol. The van der Waals surface area contributed by atoms with Gasteiger partial charge in [0, 0.05) is 16.8 Å². The van der Waals surface area contributed by atoms with Crippen LogP contribution in [0.2, 0.25) is 0 Å². The fourth-order valence-corrected chi connectivity index (χ4v) is 3.25. The van der Waals surface area contributed by atoms with Crippen LogP contribution in [-0.4, -0.2) is 37.2 Å². The molecule has 0 bridgehead atoms. The lowest BCUT2D eigenvalue weighted by atomic mass is 10.1. The van der Waals surface area contributed by atoms with E-state index in [2.05, 4.69) is 15.3 Å². The zero-order valence-electron chi connectivity index (χ0n) is 16.9. The molecule has 0 aliphatic carbocycles. The molecule has 152 valence electrons. The molecule has 0 spiro atoms. The molecule has 30 heavy (non-hydrogen) atoms. The van der Waals surface area contributed by atoms with Crippen molar-refractivity contribution >= 4 is 22.6 Å². The molecule has 0 atom stereocenters. The van der Waals surface area contributed by atoms with Crippen molar-refractivity contribution in [2.24, 2.45) is 0 Å². The molecule has 0 saturated carbocycles. The number of aromatic nitrogens is 2. The molecule has 7 nitrogen and oxygen atoms in total. The van der Waals surface area contributed by atoms with E-state index in [-0.39, 0.29) is 5.91 Å². The van der Waals surface area contributed by atoms with Crippen molar-refractivity contribution in [1.82, 2.24) is 9.97 Å². The molecular weight excluding hydrogens is 382 g/mol. The van der Waals surface area contributed by atoms with Gasteiger partial charge in [0.05, 0.1) is 32.4 Å². The first-order valence-corrected chi connectivity index (χ1v) is 9.29. The number of nitrogens with zero attached hydrogens (tertiary/aromatic N) is 1. The monoisotopic (exact) mass is 403 g/mol. The Hall–Kier alpha value is -4.00. The topological polar surface area (TPSA) is 85.5 Å². The average molecular weight is 403 g/mol. The van der Waals surface area contributed by atoms with Gasteiger partial charge in [-0.1, -0.05) is 24.3 Å². The van der Waals surface area contributed by atoms with E-state index in [0.717, 1.165) is 22.4 Å². The van der Waals surface area contributed by atoms with E-state index in [0.29, 0.717) is 28.5 Å². The number of rotatable bonds is 6. The quantitative estimate of drug-likeness (QED) is 0.495. The third-order valence-corrected chi connectivity index (χ3v) is 4.71. The van der Waals surface area contributed by atoms with Crippen LogP contribution in [0.3, 0.4) is 0 Å². The van der Waals surface area contributed by atoms with Crippen LogP contribution >= 0.6 is 0 Å². The van der Waals surface area contributed by atoms with E-state index in [1.807, 2.05) is 48.5 Å². The third kappa shape index (κ3) is 3.65. The SMILES string of the molecule is COc1cc(C(=O)Nc2cccc(-c3nc4ccccc4[nH]3)c2)cc(OC)c1OC. The number of benzene rings is 3. The fourth-order valence-electron chi connectivity index (χ4n) is 3.25. The maximum Gasteiger partial charge on any atom is 0.255 e. The summed E-state index contributed by atoms with van der Waals surface area (Å²) in [6.45, 7) is 0. The van der Waals surface area contributed by atoms with Gasteiger partial charge in [-0.25, -0.2) is 4.98 Å². The molecule has 1 aromatic heterocycles. The van der Waals surface area contributed by atoms with Crippen LogP contribution in [-0.2, 0) is 0 Å². The maximum absolute atomic E-state index is 12.9. The number of amides is 1. The van der Waals surface area contributed by atoms with Gasteiger partial charge in [-0.3, -0.25) is 4.79 Å². The summed E-state index contributed by atoms with van der Waals surface area (Å²) in [5, 5.41) is 2.91. The predicted octanol–water partition coefficient (Wildman–Crippen LogP) is 4.51. The summed E-state index contributed by atoms with van der Waals surface area (Å²) < 4.78 is 16.0. The van der Waals surface area contributed by atoms with Gasteiger partial charge in [0.2, 0.25) is 5.75 Å². The van der Waals surface area contributed by atoms with Crippen LogP contribution in [0.15, 0.2) is 60.7 Å². The Morgan fingerprint density at radius 1 is 0.900 bits per heavy atom. The molecule has 1 amide bonds. The summed E-state index contributed by atoms with van der Waals surface area (Å²) in [7, 11) is 4.54. The Bertz CT molecular complexity index is 1160. The number of imidazole rings is 1. The molecule has 0 saturated heterocycles. The summed E-state index contributed by atoms with van der Waals surface area (Å²) in [5.41, 5.74) is 3.75. The van der Waals surface area contributed by atoms with Gasteiger partial charge >= 0.3 is 0 Å². The number of hydrogen-bond donors (Lipinski definition) is 2. The van der Waals surface area contributed by atoms with Crippen molar-refractivity contribution < 1.29 is 19.0 Å². The standard InChI is InChI=1S/C23H21N3O4/c1-28-19-12-15(13-20(29-2)21(19)30-3)23(27)24-16-8-6-7-14(11-16)22-25-17-9-4-5-10-18(17)26-22/h4-13H,1-3H3,(H,24,27)(H,25,26). The molecule has 0 aliphatic heterocycles. The van der Waals surface area contributed by atoms with E-state index in [1.165, 1.54) is 21.3 Å². The van der Waals surface area contributed by atoms with Crippen molar-refractivity contribution in [2.75, 3.05) is 26.6 Å². The maximum atomic E-state index is 12.9. The second-order valence-electron chi connectivity index (χ2n) is 6.55. The minimum absolute atomic E-state index is 0.295. The summed E-state index contributed by atoms with van der Waals surface area (Å²) >= 11 is 0. The molecule has 7 heteroatoms. The lowest BCUT2D eigenvalue weighted by Crippen LogP contribution is -2.12. The van der Waals surface area contributed by atoms with Crippen molar-refractivity contribution in [2.45, 2.75) is 0 Å². The number of methoxy groups -OCH3 is 3. The highest BCUT2D eigenvalue weighted by molar-refractivity contribution is 6.05. The molecular formula is C23H21N3O4. The number of fused-ring (bicyclic) bond motifs is 1. The zero-order chi connectivity index (χ0) is 21.1. The van der Waals surface area contributed by atoms with E-state index in [1.54, 1.807) is 12.1 Å². The number of nitrogens with one attached hydrogen (secondary N) is 2. The summed E-state index contributed by atoms with van der Waals surface area (Å²) in [6, 6.07) is 18.5. The van der Waals surface area contributed by atoms with Crippen LogP contribution in [0.4, 0.5) is 5.69 Å². The molecule has 0 radical (unpaired) electrons. The van der Waals surface area contributed by atoms with Crippen molar-refractivity contribution in [3.63, 3.8) is 0 Å². The number of aromatic amines is 1. The van der Waals surface area contributed by atoms with E-state index in [4.69, 9.17) is 14.2 Å². The van der Waals surface area contributed by atoms with Crippen LogP contribution in [0.1, 0.15) is 10.4 Å². The number of H-pyrrole nitrogens is 1. The highest BCUT2D eigenvalue weighted by Crippen LogP contribution is 2.38. The lowest BCUT2D eigenvalue weighted by Gasteiger charge is -2.14. The summed E-state index contributed by atoms with van der Waals surface area (Å²) in [6.07, 6.45) is 0. The minimum Gasteiger partial charge on any atom is -0.493 e. The van der Waals surface area contributed by atoms with Gasteiger partial charge in [-0.15, -0.1) is 0 Å². The lowest BCUT2D eigenvalue weighted by molar-refractivity contribution is 0.102. The van der Waals surface area contributed by atoms with Crippen LogP contribution in [0.5, 0.6) is 17.2 Å². The van der Waals surface area contributed by atoms with Gasteiger partial charge < -0.3 is 24.5 Å². The summed E-state index contributed by atoms with van der Waals surface area (Å²) in [4.78, 5) is 20.8. The number of hydrogen-bond acceptors (Lipinski definition) is 5. The smallest absolute Gasteiger partial charge is 0.255 e. The van der Waals surface area contributed by atoms with Crippen molar-refractivity contribution in [3.05, 3.63) is 66.2 Å². The second kappa shape index (κ2) is 8.16. The highest BCUT2D eigenvalue weighted by Gasteiger charge is 2.17. The highest BCUT2D eigenvalue weighted by atomic mass is 16.5. The van der Waals surface area contributed by atoms with Gasteiger partial charge in [0.1, 0.15) is 5.82 Å². The second-order valence-corrected chi connectivity index (χ2v) is 6.55. The molecule has 4 aromatic rings. The van der Waals surface area contributed by atoms with Gasteiger partial charge in [0.25, 0.3) is 5.91 Å². The number of para-hydroxylation sites is 2. The van der Waals surface area contributed by atoms with E-state index >= 15 is 0 Å². The number of carbonyl (C=O) groups excluding carboxylic acids is 1. The molecule has 1 heterocycles. The van der Waals surface area contributed by atoms with Crippen LogP contribution in [0, 0.1) is 0 Å². The Kier molecular flexibility index (Phi) is 5.26. The molecule has 3 aromatic carbocycles. The number of anilines is 1. The largest absolute Gasteiger partial charge is 0.493 e. The van der Waals surface area contributed by atoms with Crippen LogP contribution < -0.4 is 19.5 Å². The Morgan fingerprint density at radius 2 is 1.63 bits per heavy atom. The molecule has 4 rings (SSSR count). The molecule has 0 unspecified atom stereocenters. The minimum atomic E-state index is -0.295. The summed E-state index contributed by atoms with van der Waals surface area (Å²) in [5.74, 6) is 1.70. The number of ether oxygens (including phenoxy) is 3. The molecule has 2 N–H and O–H groups in total. The van der Waals surface area contributed by atoms with Crippen LogP contribution in [0.25, 0.3) is 22.4 Å². The molecule has 0 aliphatic rings. The Labute approximate surface area is 173 Å².